The highest BCUT2D eigenvalue weighted by Gasteiger charge is 2.16. The van der Waals surface area contributed by atoms with Crippen molar-refractivity contribution in [1.29, 1.82) is 0 Å². The molecule has 0 atom stereocenters. The van der Waals surface area contributed by atoms with Gasteiger partial charge < -0.3 is 10.2 Å². The summed E-state index contributed by atoms with van der Waals surface area (Å²) >= 11 is 0. The Balaban J connectivity index is 1.74. The molecular weight excluding hydrogens is 224 g/mol. The minimum absolute atomic E-state index is 0.889. The highest BCUT2D eigenvalue weighted by atomic mass is 15.2. The number of nitrogens with one attached hydrogen (secondary N) is 1. The van der Waals surface area contributed by atoms with Gasteiger partial charge in [0.25, 0.3) is 0 Å². The summed E-state index contributed by atoms with van der Waals surface area (Å²) in [4.78, 5) is 2.59. The van der Waals surface area contributed by atoms with E-state index in [9.17, 15) is 0 Å². The summed E-state index contributed by atoms with van der Waals surface area (Å²) in [6.07, 6.45) is 7.90. The Morgan fingerprint density at radius 1 is 1.44 bits per heavy atom. The Hall–Kier alpha value is -0.870. The third-order valence-electron chi connectivity index (χ3n) is 3.90. The molecule has 4 heteroatoms. The lowest BCUT2D eigenvalue weighted by Gasteiger charge is -2.29. The van der Waals surface area contributed by atoms with Crippen LogP contribution in [0.2, 0.25) is 0 Å². The Morgan fingerprint density at radius 3 is 2.83 bits per heavy atom. The SMILES string of the molecule is CCN(CCc1cnn(C)c1)CC1CCNCC1. The summed E-state index contributed by atoms with van der Waals surface area (Å²) in [5, 5.41) is 7.66. The van der Waals surface area contributed by atoms with Gasteiger partial charge in [-0.1, -0.05) is 6.92 Å². The number of hydrogen-bond donors (Lipinski definition) is 1. The first-order valence-electron chi connectivity index (χ1n) is 7.18. The normalized spacial score (nSPS) is 17.5. The summed E-state index contributed by atoms with van der Waals surface area (Å²) in [7, 11) is 1.98. The topological polar surface area (TPSA) is 33.1 Å². The second-order valence-electron chi connectivity index (χ2n) is 5.36. The lowest BCUT2D eigenvalue weighted by molar-refractivity contribution is 0.215. The van der Waals surface area contributed by atoms with Crippen molar-refractivity contribution in [2.24, 2.45) is 13.0 Å². The van der Waals surface area contributed by atoms with Crippen molar-refractivity contribution in [2.45, 2.75) is 26.2 Å². The van der Waals surface area contributed by atoms with Gasteiger partial charge in [0.15, 0.2) is 0 Å². The molecule has 0 unspecified atom stereocenters. The summed E-state index contributed by atoms with van der Waals surface area (Å²) in [6, 6.07) is 0. The fourth-order valence-electron chi connectivity index (χ4n) is 2.70. The van der Waals surface area contributed by atoms with E-state index in [1.54, 1.807) is 0 Å². The van der Waals surface area contributed by atoms with Crippen LogP contribution in [-0.4, -0.2) is 47.4 Å². The zero-order valence-corrected chi connectivity index (χ0v) is 11.7. The maximum absolute atomic E-state index is 4.23. The lowest BCUT2D eigenvalue weighted by atomic mass is 9.97. The van der Waals surface area contributed by atoms with Gasteiger partial charge in [0.1, 0.15) is 0 Å². The molecule has 1 fully saturated rings. The third kappa shape index (κ3) is 4.10. The van der Waals surface area contributed by atoms with Crippen molar-refractivity contribution in [1.82, 2.24) is 20.0 Å². The first-order chi connectivity index (χ1) is 8.78. The van der Waals surface area contributed by atoms with E-state index >= 15 is 0 Å². The van der Waals surface area contributed by atoms with Crippen LogP contribution < -0.4 is 5.32 Å². The van der Waals surface area contributed by atoms with Crippen LogP contribution in [0.15, 0.2) is 12.4 Å². The fraction of sp³-hybridized carbons (Fsp3) is 0.786. The average molecular weight is 250 g/mol. The molecule has 1 aliphatic heterocycles. The van der Waals surface area contributed by atoms with Gasteiger partial charge in [-0.15, -0.1) is 0 Å². The zero-order valence-electron chi connectivity index (χ0n) is 11.7. The maximum atomic E-state index is 4.23. The van der Waals surface area contributed by atoms with E-state index in [1.165, 1.54) is 38.0 Å². The molecule has 0 amide bonds. The molecule has 0 radical (unpaired) electrons. The van der Waals surface area contributed by atoms with Crippen LogP contribution in [-0.2, 0) is 13.5 Å². The summed E-state index contributed by atoms with van der Waals surface area (Å²) < 4.78 is 1.89. The number of piperidine rings is 1. The van der Waals surface area contributed by atoms with Gasteiger partial charge in [0.05, 0.1) is 6.20 Å². The molecule has 4 nitrogen and oxygen atoms in total. The predicted molar refractivity (Wildman–Crippen MR) is 74.6 cm³/mol. The number of rotatable bonds is 6. The van der Waals surface area contributed by atoms with Crippen LogP contribution in [0.4, 0.5) is 0 Å². The number of likely N-dealkylation sites (N-methyl/N-ethyl adjacent to an activating group) is 1. The molecule has 1 aliphatic rings. The Bertz CT molecular complexity index is 341. The van der Waals surface area contributed by atoms with Crippen molar-refractivity contribution >= 4 is 0 Å². The molecule has 18 heavy (non-hydrogen) atoms. The van der Waals surface area contributed by atoms with Crippen LogP contribution in [0.5, 0.6) is 0 Å². The van der Waals surface area contributed by atoms with E-state index < -0.39 is 0 Å². The Labute approximate surface area is 110 Å². The minimum atomic E-state index is 0.889. The van der Waals surface area contributed by atoms with Crippen molar-refractivity contribution in [3.63, 3.8) is 0 Å². The van der Waals surface area contributed by atoms with Crippen molar-refractivity contribution < 1.29 is 0 Å². The van der Waals surface area contributed by atoms with Crippen LogP contribution in [0, 0.1) is 5.92 Å². The highest BCUT2D eigenvalue weighted by Crippen LogP contribution is 2.13. The fourth-order valence-corrected chi connectivity index (χ4v) is 2.70. The van der Waals surface area contributed by atoms with E-state index in [0.717, 1.165) is 25.4 Å². The molecule has 1 aromatic rings. The van der Waals surface area contributed by atoms with Crippen molar-refractivity contribution in [3.05, 3.63) is 18.0 Å². The monoisotopic (exact) mass is 250 g/mol. The molecule has 0 aromatic carbocycles. The first kappa shape index (κ1) is 13.6. The first-order valence-corrected chi connectivity index (χ1v) is 7.18. The van der Waals surface area contributed by atoms with E-state index in [-0.39, 0.29) is 0 Å². The van der Waals surface area contributed by atoms with Gasteiger partial charge in [-0.2, -0.15) is 5.10 Å². The lowest BCUT2D eigenvalue weighted by Crippen LogP contribution is -2.37. The molecule has 102 valence electrons. The molecule has 2 heterocycles. The molecule has 1 aromatic heterocycles. The van der Waals surface area contributed by atoms with E-state index in [0.29, 0.717) is 0 Å². The van der Waals surface area contributed by atoms with Crippen molar-refractivity contribution in [3.8, 4) is 0 Å². The van der Waals surface area contributed by atoms with Gasteiger partial charge in [-0.05, 0) is 50.4 Å². The van der Waals surface area contributed by atoms with E-state index in [4.69, 9.17) is 0 Å². The van der Waals surface area contributed by atoms with Crippen molar-refractivity contribution in [2.75, 3.05) is 32.7 Å². The number of aromatic nitrogens is 2. The molecule has 0 aliphatic carbocycles. The number of nitrogens with zero attached hydrogens (tertiary/aromatic N) is 3. The molecular formula is C14H26N4. The second kappa shape index (κ2) is 6.90. The molecule has 1 N–H and O–H groups in total. The number of hydrogen-bond acceptors (Lipinski definition) is 3. The van der Waals surface area contributed by atoms with Gasteiger partial charge >= 0.3 is 0 Å². The van der Waals surface area contributed by atoms with Gasteiger partial charge in [0.2, 0.25) is 0 Å². The second-order valence-corrected chi connectivity index (χ2v) is 5.36. The van der Waals surface area contributed by atoms with E-state index in [1.807, 2.05) is 17.9 Å². The van der Waals surface area contributed by atoms with Crippen LogP contribution >= 0.6 is 0 Å². The zero-order chi connectivity index (χ0) is 12.8. The predicted octanol–water partition coefficient (Wildman–Crippen LogP) is 1.28. The molecule has 2 rings (SSSR count). The molecule has 0 bridgehead atoms. The Morgan fingerprint density at radius 2 is 2.22 bits per heavy atom. The standard InChI is InChI=1S/C14H26N4/c1-3-18(12-13-4-7-15-8-5-13)9-6-14-10-16-17(2)11-14/h10-11,13,15H,3-9,12H2,1-2H3. The minimum Gasteiger partial charge on any atom is -0.317 e. The summed E-state index contributed by atoms with van der Waals surface area (Å²) in [6.45, 7) is 8.24. The quantitative estimate of drug-likeness (QED) is 0.826. The molecule has 1 saturated heterocycles. The largest absolute Gasteiger partial charge is 0.317 e. The van der Waals surface area contributed by atoms with E-state index in [2.05, 4.69) is 28.4 Å². The van der Waals surface area contributed by atoms with Gasteiger partial charge in [0, 0.05) is 26.3 Å². The van der Waals surface area contributed by atoms with Gasteiger partial charge in [-0.25, -0.2) is 0 Å². The van der Waals surface area contributed by atoms with Crippen LogP contribution in [0.3, 0.4) is 0 Å². The number of aryl methyl sites for hydroxylation is 1. The van der Waals surface area contributed by atoms with Gasteiger partial charge in [-0.3, -0.25) is 4.68 Å². The third-order valence-corrected chi connectivity index (χ3v) is 3.90. The van der Waals surface area contributed by atoms with Crippen LogP contribution in [0.1, 0.15) is 25.3 Å². The molecule has 0 saturated carbocycles. The summed E-state index contributed by atoms with van der Waals surface area (Å²) in [5.74, 6) is 0.889. The smallest absolute Gasteiger partial charge is 0.0522 e. The molecule has 0 spiro atoms. The van der Waals surface area contributed by atoms with Crippen LogP contribution in [0.25, 0.3) is 0 Å². The Kier molecular flexibility index (Phi) is 5.20. The average Bonchev–Trinajstić information content (AvgIpc) is 2.81. The highest BCUT2D eigenvalue weighted by molar-refractivity contribution is 5.03. The maximum Gasteiger partial charge on any atom is 0.0522 e. The summed E-state index contributed by atoms with van der Waals surface area (Å²) in [5.41, 5.74) is 1.35.